The summed E-state index contributed by atoms with van der Waals surface area (Å²) in [7, 11) is 0. The van der Waals surface area contributed by atoms with E-state index < -0.39 is 22.7 Å². The average Bonchev–Trinajstić information content (AvgIpc) is 2.24. The van der Waals surface area contributed by atoms with Crippen LogP contribution in [-0.4, -0.2) is 12.6 Å². The van der Waals surface area contributed by atoms with Crippen LogP contribution >= 0.6 is 11.6 Å². The highest BCUT2D eigenvalue weighted by atomic mass is 35.5. The van der Waals surface area contributed by atoms with Crippen LogP contribution in [0.5, 0.6) is 0 Å². The fraction of sp³-hybridized carbons (Fsp3) is 0.300. The fourth-order valence-corrected chi connectivity index (χ4v) is 1.51. The lowest BCUT2D eigenvalue weighted by atomic mass is 10.1. The minimum atomic E-state index is -5.72. The number of benzene rings is 1. The van der Waals surface area contributed by atoms with Gasteiger partial charge in [0.25, 0.3) is 6.47 Å². The Labute approximate surface area is 103 Å². The van der Waals surface area contributed by atoms with Crippen molar-refractivity contribution in [1.29, 1.82) is 0 Å². The van der Waals surface area contributed by atoms with Gasteiger partial charge in [0, 0.05) is 5.56 Å². The molecule has 0 N–H and O–H groups in total. The maximum atomic E-state index is 13.0. The molecular formula is C10H6ClF5O2. The van der Waals surface area contributed by atoms with Crippen LogP contribution in [0.2, 0.25) is 5.02 Å². The van der Waals surface area contributed by atoms with Crippen molar-refractivity contribution in [2.75, 3.05) is 0 Å². The molecule has 0 aliphatic heterocycles. The summed E-state index contributed by atoms with van der Waals surface area (Å²) in [4.78, 5) is 9.90. The summed E-state index contributed by atoms with van der Waals surface area (Å²) in [6.45, 7) is -0.146. The van der Waals surface area contributed by atoms with Crippen LogP contribution in [0.4, 0.5) is 22.0 Å². The Balaban J connectivity index is 3.09. The summed E-state index contributed by atoms with van der Waals surface area (Å²) < 4.78 is 66.7. The van der Waals surface area contributed by atoms with Crippen molar-refractivity contribution in [3.05, 3.63) is 34.3 Å². The van der Waals surface area contributed by atoms with E-state index in [0.29, 0.717) is 6.07 Å². The molecule has 0 spiro atoms. The number of hydrogen-bond donors (Lipinski definition) is 0. The molecule has 0 atom stereocenters. The number of carbonyl (C=O) groups is 1. The maximum Gasteiger partial charge on any atom is 0.458 e. The molecule has 100 valence electrons. The molecule has 8 heteroatoms. The summed E-state index contributed by atoms with van der Waals surface area (Å²) in [6, 6.07) is 2.42. The Bertz CT molecular complexity index is 444. The highest BCUT2D eigenvalue weighted by molar-refractivity contribution is 6.31. The van der Waals surface area contributed by atoms with Crippen molar-refractivity contribution >= 4 is 18.1 Å². The fourth-order valence-electron chi connectivity index (χ4n) is 1.19. The van der Waals surface area contributed by atoms with Crippen LogP contribution in [0.25, 0.3) is 0 Å². The van der Waals surface area contributed by atoms with Crippen LogP contribution in [0, 0.1) is 0 Å². The molecule has 2 nitrogen and oxygen atoms in total. The van der Waals surface area contributed by atoms with E-state index in [4.69, 9.17) is 11.6 Å². The van der Waals surface area contributed by atoms with Crippen molar-refractivity contribution in [1.82, 2.24) is 0 Å². The lowest BCUT2D eigenvalue weighted by molar-refractivity contribution is -0.289. The first-order valence-corrected chi connectivity index (χ1v) is 4.86. The van der Waals surface area contributed by atoms with Crippen molar-refractivity contribution in [3.63, 3.8) is 0 Å². The molecule has 0 bridgehead atoms. The number of alkyl halides is 5. The minimum absolute atomic E-state index is 0.117. The zero-order valence-electron chi connectivity index (χ0n) is 8.60. The van der Waals surface area contributed by atoms with Gasteiger partial charge in [0.2, 0.25) is 0 Å². The minimum Gasteiger partial charge on any atom is -0.463 e. The maximum absolute atomic E-state index is 13.0. The number of hydrogen-bond acceptors (Lipinski definition) is 2. The van der Waals surface area contributed by atoms with Gasteiger partial charge >= 0.3 is 12.1 Å². The van der Waals surface area contributed by atoms with Gasteiger partial charge in [-0.05, 0) is 11.6 Å². The van der Waals surface area contributed by atoms with E-state index in [2.05, 4.69) is 4.74 Å². The lowest BCUT2D eigenvalue weighted by Gasteiger charge is -2.21. The van der Waals surface area contributed by atoms with Crippen LogP contribution in [-0.2, 0) is 22.1 Å². The quantitative estimate of drug-likeness (QED) is 0.624. The monoisotopic (exact) mass is 288 g/mol. The zero-order chi connectivity index (χ0) is 14.0. The molecule has 0 radical (unpaired) electrons. The van der Waals surface area contributed by atoms with E-state index in [-0.39, 0.29) is 18.6 Å². The molecule has 18 heavy (non-hydrogen) atoms. The molecule has 0 saturated carbocycles. The van der Waals surface area contributed by atoms with Gasteiger partial charge < -0.3 is 4.74 Å². The Morgan fingerprint density at radius 3 is 2.28 bits per heavy atom. The number of halogens is 6. The standard InChI is InChI=1S/C10H6ClF5O2/c11-8-3-6(4-18-5-17)1-2-7(8)9(12,13)10(14,15)16/h1-3,5H,4H2. The van der Waals surface area contributed by atoms with E-state index >= 15 is 0 Å². The summed E-state index contributed by atoms with van der Waals surface area (Å²) in [6.07, 6.45) is -5.72. The second-order valence-electron chi connectivity index (χ2n) is 3.29. The van der Waals surface area contributed by atoms with E-state index in [1.54, 1.807) is 0 Å². The molecule has 0 aliphatic rings. The summed E-state index contributed by atoms with van der Waals surface area (Å²) in [5, 5.41) is -0.746. The number of rotatable bonds is 4. The average molecular weight is 289 g/mol. The van der Waals surface area contributed by atoms with Gasteiger partial charge in [-0.25, -0.2) is 0 Å². The Kier molecular flexibility index (Phi) is 4.16. The van der Waals surface area contributed by atoms with Crippen molar-refractivity contribution in [2.45, 2.75) is 18.7 Å². The first-order valence-electron chi connectivity index (χ1n) is 4.49. The van der Waals surface area contributed by atoms with Crippen molar-refractivity contribution in [2.24, 2.45) is 0 Å². The smallest absolute Gasteiger partial charge is 0.458 e. The number of carbonyl (C=O) groups excluding carboxylic acids is 1. The van der Waals surface area contributed by atoms with E-state index in [1.807, 2.05) is 0 Å². The Morgan fingerprint density at radius 1 is 1.22 bits per heavy atom. The lowest BCUT2D eigenvalue weighted by Crippen LogP contribution is -2.33. The van der Waals surface area contributed by atoms with Crippen LogP contribution in [0.1, 0.15) is 11.1 Å². The summed E-state index contributed by atoms with van der Waals surface area (Å²) in [5.74, 6) is -5.03. The second-order valence-corrected chi connectivity index (χ2v) is 3.70. The van der Waals surface area contributed by atoms with Crippen LogP contribution in [0.15, 0.2) is 18.2 Å². The summed E-state index contributed by atoms with van der Waals surface area (Å²) in [5.41, 5.74) is -1.14. The third kappa shape index (κ3) is 2.90. The van der Waals surface area contributed by atoms with Gasteiger partial charge in [-0.3, -0.25) is 4.79 Å². The Hall–Kier alpha value is -1.37. The van der Waals surface area contributed by atoms with Crippen molar-refractivity contribution < 1.29 is 31.5 Å². The molecule has 0 unspecified atom stereocenters. The van der Waals surface area contributed by atoms with Gasteiger partial charge in [0.05, 0.1) is 5.02 Å². The van der Waals surface area contributed by atoms with Gasteiger partial charge in [-0.15, -0.1) is 0 Å². The van der Waals surface area contributed by atoms with Crippen LogP contribution in [0.3, 0.4) is 0 Å². The molecular weight excluding hydrogens is 283 g/mol. The van der Waals surface area contributed by atoms with Gasteiger partial charge in [-0.2, -0.15) is 22.0 Å². The van der Waals surface area contributed by atoms with Gasteiger partial charge in [0.1, 0.15) is 6.61 Å². The van der Waals surface area contributed by atoms with Gasteiger partial charge in [0.15, 0.2) is 0 Å². The molecule has 1 aromatic carbocycles. The van der Waals surface area contributed by atoms with E-state index in [1.165, 1.54) is 0 Å². The number of ether oxygens (including phenoxy) is 1. The third-order valence-corrected chi connectivity index (χ3v) is 2.36. The van der Waals surface area contributed by atoms with E-state index in [0.717, 1.165) is 12.1 Å². The highest BCUT2D eigenvalue weighted by Gasteiger charge is 2.59. The first kappa shape index (κ1) is 14.7. The SMILES string of the molecule is O=COCc1ccc(C(F)(F)C(F)(F)F)c(Cl)c1. The van der Waals surface area contributed by atoms with E-state index in [9.17, 15) is 26.7 Å². The molecule has 0 saturated heterocycles. The molecule has 1 rings (SSSR count). The molecule has 1 aromatic rings. The predicted octanol–water partition coefficient (Wildman–Crippen LogP) is 3.67. The molecule has 0 amide bonds. The Morgan fingerprint density at radius 2 is 1.83 bits per heavy atom. The second kappa shape index (κ2) is 5.09. The molecule has 0 aromatic heterocycles. The molecule has 0 fully saturated rings. The molecule has 0 heterocycles. The molecule has 0 aliphatic carbocycles. The highest BCUT2D eigenvalue weighted by Crippen LogP contribution is 2.46. The topological polar surface area (TPSA) is 26.3 Å². The predicted molar refractivity (Wildman–Crippen MR) is 52.3 cm³/mol. The van der Waals surface area contributed by atoms with Crippen LogP contribution < -0.4 is 0 Å². The van der Waals surface area contributed by atoms with Gasteiger partial charge in [-0.1, -0.05) is 23.7 Å². The normalized spacial score (nSPS) is 12.3. The third-order valence-electron chi connectivity index (χ3n) is 2.05. The van der Waals surface area contributed by atoms with Crippen molar-refractivity contribution in [3.8, 4) is 0 Å². The largest absolute Gasteiger partial charge is 0.463 e. The summed E-state index contributed by atoms with van der Waals surface area (Å²) >= 11 is 5.38. The zero-order valence-corrected chi connectivity index (χ0v) is 9.36. The first-order chi connectivity index (χ1) is 8.20.